The summed E-state index contributed by atoms with van der Waals surface area (Å²) in [5.74, 6) is -2.65. The Balaban J connectivity index is 1.49. The molecule has 0 spiro atoms. The number of fused-ring (bicyclic) bond motifs is 1. The molecule has 38 heavy (non-hydrogen) atoms. The maximum absolute atomic E-state index is 13.5. The first-order valence-electron chi connectivity index (χ1n) is 13.0. The highest BCUT2D eigenvalue weighted by atomic mass is 32.2. The summed E-state index contributed by atoms with van der Waals surface area (Å²) in [6.45, 7) is 2.95. The van der Waals surface area contributed by atoms with Gasteiger partial charge in [-0.3, -0.25) is 9.59 Å². The van der Waals surface area contributed by atoms with Gasteiger partial charge in [-0.25, -0.2) is 13.4 Å². The van der Waals surface area contributed by atoms with Crippen molar-refractivity contribution >= 4 is 32.6 Å². The Morgan fingerprint density at radius 3 is 2.50 bits per heavy atom. The lowest BCUT2D eigenvalue weighted by molar-refractivity contribution is -0.128. The minimum absolute atomic E-state index is 0.0690. The lowest BCUT2D eigenvalue weighted by atomic mass is 10.0. The van der Waals surface area contributed by atoms with E-state index in [0.29, 0.717) is 55.6 Å². The average Bonchev–Trinajstić information content (AvgIpc) is 3.35. The molecule has 1 amide bonds. The number of Topliss-reactive ketones (excluding diaryl/α,β-unsaturated/α-hetero) is 1. The summed E-state index contributed by atoms with van der Waals surface area (Å²) < 4.78 is 43.1. The van der Waals surface area contributed by atoms with Gasteiger partial charge in [-0.05, 0) is 37.0 Å². The van der Waals surface area contributed by atoms with Gasteiger partial charge in [0.25, 0.3) is 5.89 Å². The molecule has 4 rings (SSSR count). The van der Waals surface area contributed by atoms with Crippen molar-refractivity contribution in [2.75, 3.05) is 25.6 Å². The van der Waals surface area contributed by atoms with E-state index in [2.05, 4.69) is 10.3 Å². The summed E-state index contributed by atoms with van der Waals surface area (Å²) in [6.07, 6.45) is 2.23. The Kier molecular flexibility index (Phi) is 9.65. The molecule has 0 bridgehead atoms. The first kappa shape index (κ1) is 27.9. The number of carbonyl (C=O) groups excluding carboxylic acids is 2. The second-order valence-corrected chi connectivity index (χ2v) is 11.7. The fourth-order valence-corrected chi connectivity index (χ4v) is 6.14. The van der Waals surface area contributed by atoms with Crippen molar-refractivity contribution in [1.29, 1.82) is 0 Å². The van der Waals surface area contributed by atoms with Crippen LogP contribution in [0.4, 0.5) is 0 Å². The Hall–Kier alpha value is -3.08. The largest absolute Gasteiger partial charge is 0.434 e. The van der Waals surface area contributed by atoms with Crippen molar-refractivity contribution < 1.29 is 31.9 Å². The van der Waals surface area contributed by atoms with Crippen LogP contribution in [0.3, 0.4) is 0 Å². The fraction of sp³-hybridized carbons (Fsp3) is 0.464. The summed E-state index contributed by atoms with van der Waals surface area (Å²) in [6, 6.07) is 15.0. The van der Waals surface area contributed by atoms with Gasteiger partial charge in [0, 0.05) is 13.2 Å². The van der Waals surface area contributed by atoms with Gasteiger partial charge in [0.15, 0.2) is 15.4 Å². The van der Waals surface area contributed by atoms with E-state index in [1.54, 1.807) is 48.5 Å². The molecule has 1 saturated heterocycles. The van der Waals surface area contributed by atoms with E-state index in [0.717, 1.165) is 0 Å². The number of oxazole rings is 1. The highest BCUT2D eigenvalue weighted by Gasteiger charge is 2.32. The lowest BCUT2D eigenvalue weighted by Crippen LogP contribution is -2.46. The topological polar surface area (TPSA) is 125 Å². The molecule has 0 aliphatic carbocycles. The lowest BCUT2D eigenvalue weighted by Gasteiger charge is -2.26. The van der Waals surface area contributed by atoms with E-state index in [1.807, 2.05) is 13.0 Å². The number of para-hydroxylation sites is 2. The molecule has 0 saturated carbocycles. The number of sulfone groups is 1. The van der Waals surface area contributed by atoms with Crippen LogP contribution in [0.1, 0.15) is 48.9 Å². The summed E-state index contributed by atoms with van der Waals surface area (Å²) in [7, 11) is -3.65. The molecule has 1 aliphatic heterocycles. The minimum atomic E-state index is -3.65. The number of hydrogen-bond donors (Lipinski definition) is 1. The summed E-state index contributed by atoms with van der Waals surface area (Å²) in [4.78, 5) is 31.0. The van der Waals surface area contributed by atoms with Gasteiger partial charge in [0.2, 0.25) is 11.7 Å². The van der Waals surface area contributed by atoms with Crippen molar-refractivity contribution in [2.24, 2.45) is 5.92 Å². The summed E-state index contributed by atoms with van der Waals surface area (Å²) in [5, 5.41) is 2.78. The van der Waals surface area contributed by atoms with Crippen molar-refractivity contribution in [3.63, 3.8) is 0 Å². The molecule has 1 aliphatic rings. The van der Waals surface area contributed by atoms with Gasteiger partial charge in [-0.15, -0.1) is 0 Å². The smallest absolute Gasteiger partial charge is 0.266 e. The Labute approximate surface area is 222 Å². The van der Waals surface area contributed by atoms with Crippen molar-refractivity contribution in [3.05, 3.63) is 66.1 Å². The monoisotopic (exact) mass is 542 g/mol. The Morgan fingerprint density at radius 1 is 1.08 bits per heavy atom. The van der Waals surface area contributed by atoms with Crippen LogP contribution in [-0.2, 0) is 29.9 Å². The molecular weight excluding hydrogens is 508 g/mol. The first-order valence-corrected chi connectivity index (χ1v) is 14.8. The van der Waals surface area contributed by atoms with E-state index in [1.165, 1.54) is 0 Å². The number of ether oxygens (including phenoxy) is 2. The molecule has 1 fully saturated rings. The van der Waals surface area contributed by atoms with Crippen molar-refractivity contribution in [3.8, 4) is 0 Å². The van der Waals surface area contributed by atoms with Gasteiger partial charge in [-0.2, -0.15) is 0 Å². The highest BCUT2D eigenvalue weighted by molar-refractivity contribution is 7.90. The third-order valence-corrected chi connectivity index (χ3v) is 8.16. The van der Waals surface area contributed by atoms with Crippen LogP contribution >= 0.6 is 0 Å². The molecule has 2 atom stereocenters. The normalized spacial score (nSPS) is 16.2. The van der Waals surface area contributed by atoms with Gasteiger partial charge in [-0.1, -0.05) is 55.8 Å². The summed E-state index contributed by atoms with van der Waals surface area (Å²) in [5.41, 5.74) is 1.67. The molecule has 1 unspecified atom stereocenters. The van der Waals surface area contributed by atoms with E-state index >= 15 is 0 Å². The first-order chi connectivity index (χ1) is 18.3. The van der Waals surface area contributed by atoms with Crippen LogP contribution in [0.15, 0.2) is 59.0 Å². The molecule has 204 valence electrons. The predicted molar refractivity (Wildman–Crippen MR) is 142 cm³/mol. The number of amides is 1. The van der Waals surface area contributed by atoms with Crippen LogP contribution in [0, 0.1) is 5.92 Å². The maximum Gasteiger partial charge on any atom is 0.266 e. The molecule has 9 nitrogen and oxygen atoms in total. The quantitative estimate of drug-likeness (QED) is 0.324. The Morgan fingerprint density at radius 2 is 1.79 bits per heavy atom. The van der Waals surface area contributed by atoms with Crippen LogP contribution in [0.25, 0.3) is 11.1 Å². The number of aromatic nitrogens is 1. The van der Waals surface area contributed by atoms with E-state index < -0.39 is 39.2 Å². The molecule has 2 heterocycles. The van der Waals surface area contributed by atoms with Gasteiger partial charge < -0.3 is 19.2 Å². The van der Waals surface area contributed by atoms with Crippen LogP contribution in [0.2, 0.25) is 0 Å². The number of carbonyl (C=O) groups is 2. The fourth-order valence-electron chi connectivity index (χ4n) is 4.46. The molecule has 1 aromatic heterocycles. The van der Waals surface area contributed by atoms with Crippen LogP contribution in [0.5, 0.6) is 0 Å². The number of hydrogen-bond acceptors (Lipinski definition) is 8. The summed E-state index contributed by atoms with van der Waals surface area (Å²) >= 11 is 0. The van der Waals surface area contributed by atoms with Crippen LogP contribution in [-0.4, -0.2) is 62.8 Å². The van der Waals surface area contributed by atoms with E-state index in [-0.39, 0.29) is 24.4 Å². The van der Waals surface area contributed by atoms with Gasteiger partial charge >= 0.3 is 0 Å². The number of nitrogens with one attached hydrogen (secondary N) is 1. The zero-order chi connectivity index (χ0) is 27.0. The van der Waals surface area contributed by atoms with E-state index in [4.69, 9.17) is 13.9 Å². The molecule has 2 aromatic carbocycles. The second kappa shape index (κ2) is 13.1. The SMILES string of the molecule is CCC[C@H](NC(=O)C(COC1CCOCC1)CS(=O)(=O)Cc1ccccc1)C(=O)c1nc2ccccc2o1. The predicted octanol–water partition coefficient (Wildman–Crippen LogP) is 3.72. The number of ketones is 1. The van der Waals surface area contributed by atoms with E-state index in [9.17, 15) is 18.0 Å². The van der Waals surface area contributed by atoms with Crippen LogP contribution < -0.4 is 5.32 Å². The Bertz CT molecular complexity index is 1280. The van der Waals surface area contributed by atoms with Gasteiger partial charge in [0.1, 0.15) is 5.52 Å². The standard InChI is InChI=1S/C28H34N2O7S/c1-2-8-24(26(31)28-30-23-11-6-7-12-25(23)37-28)29-27(32)21(17-36-22-13-15-35-16-14-22)19-38(33,34)18-20-9-4-3-5-10-20/h3-7,9-12,21-22,24H,2,8,13-19H2,1H3,(H,29,32)/t21?,24-/m0/s1. The van der Waals surface area contributed by atoms with Crippen molar-refractivity contribution in [1.82, 2.24) is 10.3 Å². The van der Waals surface area contributed by atoms with Crippen molar-refractivity contribution in [2.45, 2.75) is 50.5 Å². The number of nitrogens with zero attached hydrogens (tertiary/aromatic N) is 1. The second-order valence-electron chi connectivity index (χ2n) is 9.58. The zero-order valence-electron chi connectivity index (χ0n) is 21.5. The maximum atomic E-state index is 13.5. The molecule has 0 radical (unpaired) electrons. The third-order valence-electron chi connectivity index (χ3n) is 6.47. The number of benzene rings is 2. The highest BCUT2D eigenvalue weighted by Crippen LogP contribution is 2.19. The zero-order valence-corrected chi connectivity index (χ0v) is 22.3. The molecule has 3 aromatic rings. The average molecular weight is 543 g/mol. The molecule has 10 heteroatoms. The minimum Gasteiger partial charge on any atom is -0.434 e. The number of rotatable bonds is 13. The molecular formula is C28H34N2O7S. The third kappa shape index (κ3) is 7.72. The molecule has 1 N–H and O–H groups in total. The van der Waals surface area contributed by atoms with Gasteiger partial charge in [0.05, 0.1) is 36.2 Å².